The third kappa shape index (κ3) is 3.62. The number of rotatable bonds is 6. The maximum atomic E-state index is 12.4. The van der Waals surface area contributed by atoms with Gasteiger partial charge in [0.15, 0.2) is 0 Å². The molecule has 2 aromatic rings. The van der Waals surface area contributed by atoms with E-state index in [1.165, 1.54) is 19.2 Å². The maximum Gasteiger partial charge on any atom is 0.305 e. The van der Waals surface area contributed by atoms with Gasteiger partial charge in [0.25, 0.3) is 10.0 Å². The molecule has 0 fully saturated rings. The van der Waals surface area contributed by atoms with Crippen molar-refractivity contribution in [1.29, 1.82) is 0 Å². The van der Waals surface area contributed by atoms with Crippen LogP contribution >= 0.6 is 0 Å². The van der Waals surface area contributed by atoms with Gasteiger partial charge in [-0.3, -0.25) is 0 Å². The Labute approximate surface area is 132 Å². The Morgan fingerprint density at radius 3 is 2.23 bits per heavy atom. The van der Waals surface area contributed by atoms with E-state index in [4.69, 9.17) is 4.18 Å². The molecule has 0 N–H and O–H groups in total. The topological polar surface area (TPSA) is 63.7 Å². The van der Waals surface area contributed by atoms with Crippen molar-refractivity contribution in [3.8, 4) is 5.75 Å². The molecule has 0 heterocycles. The Hall–Kier alpha value is -1.96. The molecular formula is C15H15NO4S2. The zero-order chi connectivity index (χ0) is 16.2. The highest BCUT2D eigenvalue weighted by atomic mass is 32.3. The van der Waals surface area contributed by atoms with Crippen molar-refractivity contribution >= 4 is 27.4 Å². The number of sulfonamides is 1. The highest BCUT2D eigenvalue weighted by Crippen LogP contribution is 2.19. The van der Waals surface area contributed by atoms with Gasteiger partial charge in [0.05, 0.1) is 4.90 Å². The van der Waals surface area contributed by atoms with Crippen molar-refractivity contribution < 1.29 is 16.8 Å². The second kappa shape index (κ2) is 6.87. The molecule has 2 rings (SSSR count). The first kappa shape index (κ1) is 16.4. The monoisotopic (exact) mass is 337 g/mol. The Balaban J connectivity index is 2.20. The standard InChI is InChI=1S/C15H15NO4S2/c1-3-13-9-11-15(12-10-13)22(18,19)16(2)21(17)20-14-7-5-4-6-8-14/h3-12H,1H2,2H3. The number of hydrogen-bond acceptors (Lipinski definition) is 4. The summed E-state index contributed by atoms with van der Waals surface area (Å²) in [6, 6.07) is 14.5. The van der Waals surface area contributed by atoms with E-state index in [0.29, 0.717) is 9.46 Å². The summed E-state index contributed by atoms with van der Waals surface area (Å²) in [7, 11) is -2.71. The van der Waals surface area contributed by atoms with Crippen molar-refractivity contribution in [1.82, 2.24) is 3.71 Å². The molecule has 0 spiro atoms. The molecule has 0 radical (unpaired) electrons. The first-order chi connectivity index (χ1) is 10.4. The van der Waals surface area contributed by atoms with Crippen molar-refractivity contribution in [2.75, 3.05) is 7.05 Å². The van der Waals surface area contributed by atoms with E-state index in [9.17, 15) is 12.6 Å². The summed E-state index contributed by atoms with van der Waals surface area (Å²) in [5.41, 5.74) is 0.795. The molecule has 0 saturated carbocycles. The molecule has 2 aromatic carbocycles. The van der Waals surface area contributed by atoms with Gasteiger partial charge >= 0.3 is 11.3 Å². The average Bonchev–Trinajstić information content (AvgIpc) is 2.55. The summed E-state index contributed by atoms with van der Waals surface area (Å²) in [4.78, 5) is 0.0330. The Kier molecular flexibility index (Phi) is 5.12. The van der Waals surface area contributed by atoms with Crippen LogP contribution in [0.4, 0.5) is 0 Å². The van der Waals surface area contributed by atoms with Gasteiger partial charge in [0.2, 0.25) is 0 Å². The SMILES string of the molecule is C=Cc1ccc(S(=O)(=O)N(C)S(=O)Oc2ccccc2)cc1. The summed E-state index contributed by atoms with van der Waals surface area (Å²) >= 11 is -2.17. The molecule has 0 aliphatic heterocycles. The zero-order valence-electron chi connectivity index (χ0n) is 11.9. The summed E-state index contributed by atoms with van der Waals surface area (Å²) in [6.45, 7) is 3.60. The summed E-state index contributed by atoms with van der Waals surface area (Å²) in [5.74, 6) is 0.324. The predicted octanol–water partition coefficient (Wildman–Crippen LogP) is 2.61. The van der Waals surface area contributed by atoms with Crippen molar-refractivity contribution in [3.63, 3.8) is 0 Å². The number of nitrogens with zero attached hydrogens (tertiary/aromatic N) is 1. The number of benzene rings is 2. The van der Waals surface area contributed by atoms with E-state index in [1.807, 2.05) is 0 Å². The molecule has 0 aliphatic carbocycles. The lowest BCUT2D eigenvalue weighted by Gasteiger charge is -2.15. The molecule has 0 amide bonds. The lowest BCUT2D eigenvalue weighted by atomic mass is 10.2. The van der Waals surface area contributed by atoms with Crippen LogP contribution in [-0.4, -0.2) is 23.4 Å². The van der Waals surface area contributed by atoms with Crippen LogP contribution in [0.25, 0.3) is 6.08 Å². The third-order valence-corrected chi connectivity index (χ3v) is 6.13. The minimum Gasteiger partial charge on any atom is -0.388 e. The predicted molar refractivity (Wildman–Crippen MR) is 86.7 cm³/mol. The smallest absolute Gasteiger partial charge is 0.305 e. The van der Waals surface area contributed by atoms with Gasteiger partial charge in [-0.25, -0.2) is 8.42 Å². The van der Waals surface area contributed by atoms with Crippen LogP contribution in [0, 0.1) is 0 Å². The van der Waals surface area contributed by atoms with Gasteiger partial charge in [-0.05, 0) is 29.8 Å². The van der Waals surface area contributed by atoms with Crippen LogP contribution in [0.1, 0.15) is 5.56 Å². The largest absolute Gasteiger partial charge is 0.388 e. The van der Waals surface area contributed by atoms with Gasteiger partial charge in [-0.15, -0.1) is 0 Å². The van der Waals surface area contributed by atoms with Crippen LogP contribution in [0.5, 0.6) is 5.75 Å². The molecule has 0 bridgehead atoms. The van der Waals surface area contributed by atoms with Gasteiger partial charge in [-0.1, -0.05) is 46.7 Å². The number of para-hydroxylation sites is 1. The van der Waals surface area contributed by atoms with E-state index in [1.54, 1.807) is 48.5 Å². The van der Waals surface area contributed by atoms with Crippen molar-refractivity contribution in [2.45, 2.75) is 4.90 Å². The van der Waals surface area contributed by atoms with Crippen LogP contribution < -0.4 is 4.18 Å². The first-order valence-corrected chi connectivity index (χ1v) is 8.79. The third-order valence-electron chi connectivity index (χ3n) is 2.87. The van der Waals surface area contributed by atoms with E-state index >= 15 is 0 Å². The highest BCUT2D eigenvalue weighted by molar-refractivity contribution is 7.99. The summed E-state index contributed by atoms with van der Waals surface area (Å²) < 4.78 is 42.7. The summed E-state index contributed by atoms with van der Waals surface area (Å²) in [5, 5.41) is 0. The van der Waals surface area contributed by atoms with E-state index in [0.717, 1.165) is 5.56 Å². The molecule has 0 aliphatic rings. The number of hydrogen-bond donors (Lipinski definition) is 0. The quantitative estimate of drug-likeness (QED) is 0.813. The Morgan fingerprint density at radius 2 is 1.68 bits per heavy atom. The van der Waals surface area contributed by atoms with Gasteiger partial charge in [0.1, 0.15) is 5.75 Å². The molecular weight excluding hydrogens is 322 g/mol. The molecule has 5 nitrogen and oxygen atoms in total. The minimum absolute atomic E-state index is 0.0330. The molecule has 7 heteroatoms. The molecule has 0 aromatic heterocycles. The van der Waals surface area contributed by atoms with Crippen molar-refractivity contribution in [2.24, 2.45) is 0 Å². The van der Waals surface area contributed by atoms with Gasteiger partial charge < -0.3 is 4.18 Å². The van der Waals surface area contributed by atoms with Crippen LogP contribution in [0.2, 0.25) is 0 Å². The Bertz CT molecular complexity index is 771. The fraction of sp³-hybridized carbons (Fsp3) is 0.0667. The van der Waals surface area contributed by atoms with Gasteiger partial charge in [0, 0.05) is 7.05 Å². The minimum atomic E-state index is -3.91. The molecule has 116 valence electrons. The summed E-state index contributed by atoms with van der Waals surface area (Å²) in [6.07, 6.45) is 1.61. The first-order valence-electron chi connectivity index (χ1n) is 6.32. The fourth-order valence-electron chi connectivity index (χ4n) is 1.62. The molecule has 1 unspecified atom stereocenters. The van der Waals surface area contributed by atoms with E-state index < -0.39 is 21.3 Å². The zero-order valence-corrected chi connectivity index (χ0v) is 13.5. The maximum absolute atomic E-state index is 12.4. The van der Waals surface area contributed by atoms with Crippen LogP contribution in [-0.2, 0) is 21.3 Å². The van der Waals surface area contributed by atoms with Crippen LogP contribution in [0.15, 0.2) is 66.1 Å². The molecule has 1 atom stereocenters. The normalized spacial score (nSPS) is 12.8. The second-order valence-corrected chi connectivity index (χ2v) is 7.65. The van der Waals surface area contributed by atoms with Crippen molar-refractivity contribution in [3.05, 3.63) is 66.7 Å². The molecule has 0 saturated heterocycles. The van der Waals surface area contributed by atoms with E-state index in [-0.39, 0.29) is 4.90 Å². The molecule has 22 heavy (non-hydrogen) atoms. The lowest BCUT2D eigenvalue weighted by Crippen LogP contribution is -2.31. The lowest BCUT2D eigenvalue weighted by molar-refractivity contribution is 0.506. The average molecular weight is 337 g/mol. The van der Waals surface area contributed by atoms with Crippen LogP contribution in [0.3, 0.4) is 0 Å². The highest BCUT2D eigenvalue weighted by Gasteiger charge is 2.27. The fourth-order valence-corrected chi connectivity index (χ4v) is 3.76. The van der Waals surface area contributed by atoms with Gasteiger partial charge in [-0.2, -0.15) is 4.21 Å². The second-order valence-electron chi connectivity index (χ2n) is 4.30. The Morgan fingerprint density at radius 1 is 1.09 bits per heavy atom. The van der Waals surface area contributed by atoms with E-state index in [2.05, 4.69) is 6.58 Å².